The molecule has 0 bridgehead atoms. The summed E-state index contributed by atoms with van der Waals surface area (Å²) in [4.78, 5) is 6.69. The highest BCUT2D eigenvalue weighted by molar-refractivity contribution is 7.25. The minimum Gasteiger partial charge on any atom is -0.333 e. The second kappa shape index (κ2) is 14.1. The zero-order chi connectivity index (χ0) is 39.9. The Morgan fingerprint density at radius 3 is 1.88 bits per heavy atom. The Bertz CT molecular complexity index is 3300. The molecule has 0 amide bonds. The topological polar surface area (TPSA) is 6.48 Å². The molecule has 0 aliphatic heterocycles. The Morgan fingerprint density at radius 2 is 1.10 bits per heavy atom. The maximum absolute atomic E-state index is 2.62. The third kappa shape index (κ3) is 5.51. The van der Waals surface area contributed by atoms with Crippen LogP contribution < -0.4 is 9.80 Å². The number of benzene rings is 8. The zero-order valence-corrected chi connectivity index (χ0v) is 35.2. The monoisotopic (exact) mass is 806 g/mol. The van der Waals surface area contributed by atoms with E-state index >= 15 is 0 Å². The number of rotatable bonds is 6. The summed E-state index contributed by atoms with van der Waals surface area (Å²) in [7, 11) is 0. The summed E-state index contributed by atoms with van der Waals surface area (Å²) in [6, 6.07) is 67.9. The quantitative estimate of drug-likeness (QED) is 0.165. The van der Waals surface area contributed by atoms with Gasteiger partial charge < -0.3 is 9.80 Å². The van der Waals surface area contributed by atoms with Gasteiger partial charge in [-0.3, -0.25) is 0 Å². The third-order valence-electron chi connectivity index (χ3n) is 13.0. The number of nitrogens with zero attached hydrogens (tertiary/aromatic N) is 2. The summed E-state index contributed by atoms with van der Waals surface area (Å²) >= 11 is 3.84. The first kappa shape index (κ1) is 35.5. The van der Waals surface area contributed by atoms with Crippen LogP contribution in [0.3, 0.4) is 0 Å². The second-order valence-corrected chi connectivity index (χ2v) is 18.7. The number of hydrogen-bond acceptors (Lipinski definition) is 4. The van der Waals surface area contributed by atoms with Gasteiger partial charge in [-0.25, -0.2) is 0 Å². The Balaban J connectivity index is 1.08. The molecule has 0 N–H and O–H groups in total. The lowest BCUT2D eigenvalue weighted by Crippen LogP contribution is -2.31. The van der Waals surface area contributed by atoms with Crippen molar-refractivity contribution in [3.8, 4) is 11.1 Å². The van der Waals surface area contributed by atoms with Crippen molar-refractivity contribution >= 4 is 92.5 Å². The van der Waals surface area contributed by atoms with E-state index in [0.717, 1.165) is 6.42 Å². The molecule has 60 heavy (non-hydrogen) atoms. The predicted molar refractivity (Wildman–Crippen MR) is 260 cm³/mol. The highest BCUT2D eigenvalue weighted by Crippen LogP contribution is 2.56. The highest BCUT2D eigenvalue weighted by Gasteiger charge is 2.38. The first-order chi connectivity index (χ1) is 29.6. The summed E-state index contributed by atoms with van der Waals surface area (Å²) in [6.07, 6.45) is 3.46. The summed E-state index contributed by atoms with van der Waals surface area (Å²) in [5.74, 6) is 0.562. The molecule has 0 saturated carbocycles. The van der Waals surface area contributed by atoms with Crippen LogP contribution in [0.25, 0.3) is 58.2 Å². The van der Waals surface area contributed by atoms with Crippen LogP contribution in [0, 0.1) is 0 Å². The second-order valence-electron chi connectivity index (χ2n) is 16.5. The van der Waals surface area contributed by atoms with Crippen molar-refractivity contribution in [2.45, 2.75) is 38.1 Å². The van der Waals surface area contributed by atoms with E-state index in [-0.39, 0.29) is 12.0 Å². The number of allylic oxidation sites excluding steroid dienone is 1. The lowest BCUT2D eigenvalue weighted by Gasteiger charge is -2.43. The minimum absolute atomic E-state index is 0.0464. The molecule has 12 rings (SSSR count). The smallest absolute Gasteiger partial charge is 0.0663 e. The van der Waals surface area contributed by atoms with Crippen molar-refractivity contribution in [3.63, 3.8) is 0 Å². The molecule has 2 heterocycles. The van der Waals surface area contributed by atoms with Crippen molar-refractivity contribution < 1.29 is 0 Å². The van der Waals surface area contributed by atoms with E-state index in [9.17, 15) is 0 Å². The van der Waals surface area contributed by atoms with E-state index in [1.54, 1.807) is 0 Å². The maximum atomic E-state index is 2.62. The summed E-state index contributed by atoms with van der Waals surface area (Å²) in [6.45, 7) is 4.87. The lowest BCUT2D eigenvalue weighted by atomic mass is 9.73. The van der Waals surface area contributed by atoms with Crippen molar-refractivity contribution in [1.82, 2.24) is 0 Å². The molecule has 2 aromatic heterocycles. The van der Waals surface area contributed by atoms with E-state index in [1.165, 1.54) is 102 Å². The van der Waals surface area contributed by atoms with Gasteiger partial charge in [0.15, 0.2) is 0 Å². The van der Waals surface area contributed by atoms with E-state index in [2.05, 4.69) is 212 Å². The molecule has 2 nitrogen and oxygen atoms in total. The van der Waals surface area contributed by atoms with Crippen LogP contribution in [0.1, 0.15) is 59.7 Å². The molecule has 0 fully saturated rings. The van der Waals surface area contributed by atoms with Crippen LogP contribution >= 0.6 is 22.7 Å². The lowest BCUT2D eigenvalue weighted by molar-refractivity contribution is 0.579. The molecule has 3 unspecified atom stereocenters. The van der Waals surface area contributed by atoms with Gasteiger partial charge in [0.25, 0.3) is 0 Å². The fourth-order valence-corrected chi connectivity index (χ4v) is 12.7. The van der Waals surface area contributed by atoms with Gasteiger partial charge in [0.2, 0.25) is 0 Å². The molecule has 0 radical (unpaired) electrons. The third-order valence-corrected chi connectivity index (χ3v) is 15.6. The Morgan fingerprint density at radius 1 is 0.483 bits per heavy atom. The normalized spacial score (nSPS) is 17.0. The van der Waals surface area contributed by atoms with Crippen molar-refractivity contribution in [2.24, 2.45) is 0 Å². The molecule has 3 atom stereocenters. The average Bonchev–Trinajstić information content (AvgIpc) is 3.87. The molecular weight excluding hydrogens is 765 g/mol. The van der Waals surface area contributed by atoms with Crippen LogP contribution in [0.2, 0.25) is 0 Å². The number of para-hydroxylation sites is 2. The van der Waals surface area contributed by atoms with Gasteiger partial charge in [0.05, 0.1) is 11.7 Å². The van der Waals surface area contributed by atoms with Gasteiger partial charge in [-0.05, 0) is 112 Å². The first-order valence-corrected chi connectivity index (χ1v) is 22.7. The SMILES string of the molecule is CC1CC(N(c2ccccc2)c2cc3c(c4ccccc24)C(C)C(N(c2ccccc2)c2ccc4sc5ccccc5c4c2)c2ccccc2-3)=Cc2c1sc1ccccc21. The van der Waals surface area contributed by atoms with Crippen LogP contribution in [0.5, 0.6) is 0 Å². The van der Waals surface area contributed by atoms with Gasteiger partial charge in [-0.15, -0.1) is 22.7 Å². The molecule has 8 aromatic carbocycles. The van der Waals surface area contributed by atoms with E-state index in [0.29, 0.717) is 5.92 Å². The summed E-state index contributed by atoms with van der Waals surface area (Å²) in [5.41, 5.74) is 12.9. The standard InChI is InChI=1S/C56H42N2S2/c1-35-31-40(33-49-44-24-14-16-28-52(44)60-56(35)49)57(37-17-5-3-6-18-37)50-34-48-41-21-9-12-26-46(41)55(36(2)54(48)45-25-11-10-22-42(45)50)58(38-19-7-4-8-20-38)39-29-30-53-47(32-39)43-23-13-15-27-51(43)59-53/h3-30,32-36,55H,31H2,1-2H3. The van der Waals surface area contributed by atoms with Crippen LogP contribution in [0.4, 0.5) is 22.7 Å². The van der Waals surface area contributed by atoms with Gasteiger partial charge in [-0.2, -0.15) is 0 Å². The predicted octanol–water partition coefficient (Wildman–Crippen LogP) is 16.8. The molecule has 2 aliphatic carbocycles. The van der Waals surface area contributed by atoms with Crippen molar-refractivity contribution in [1.29, 1.82) is 0 Å². The number of thiophene rings is 2. The van der Waals surface area contributed by atoms with Gasteiger partial charge in [-0.1, -0.05) is 135 Å². The van der Waals surface area contributed by atoms with Crippen molar-refractivity contribution in [3.05, 3.63) is 209 Å². The molecule has 288 valence electrons. The van der Waals surface area contributed by atoms with E-state index in [1.807, 2.05) is 22.7 Å². The molecule has 0 spiro atoms. The number of hydrogen-bond donors (Lipinski definition) is 0. The number of fused-ring (bicyclic) bond motifs is 11. The molecule has 10 aromatic rings. The van der Waals surface area contributed by atoms with Crippen LogP contribution in [-0.2, 0) is 0 Å². The van der Waals surface area contributed by atoms with Gasteiger partial charge >= 0.3 is 0 Å². The van der Waals surface area contributed by atoms with E-state index < -0.39 is 0 Å². The Kier molecular flexibility index (Phi) is 8.33. The number of anilines is 4. The zero-order valence-electron chi connectivity index (χ0n) is 33.5. The molecular formula is C56H42N2S2. The van der Waals surface area contributed by atoms with Crippen LogP contribution in [0.15, 0.2) is 188 Å². The van der Waals surface area contributed by atoms with E-state index in [4.69, 9.17) is 0 Å². The summed E-state index contributed by atoms with van der Waals surface area (Å²) in [5, 5.41) is 6.58. The largest absolute Gasteiger partial charge is 0.333 e. The Hall–Kier alpha value is -6.46. The van der Waals surface area contributed by atoms with Crippen LogP contribution in [-0.4, -0.2) is 0 Å². The highest BCUT2D eigenvalue weighted by atomic mass is 32.1. The fraction of sp³-hybridized carbons (Fsp3) is 0.107. The Labute approximate surface area is 358 Å². The van der Waals surface area contributed by atoms with Gasteiger partial charge in [0.1, 0.15) is 0 Å². The molecule has 4 heteroatoms. The average molecular weight is 807 g/mol. The first-order valence-electron chi connectivity index (χ1n) is 21.1. The molecule has 0 saturated heterocycles. The summed E-state index contributed by atoms with van der Waals surface area (Å²) < 4.78 is 4.02. The van der Waals surface area contributed by atoms with Crippen molar-refractivity contribution in [2.75, 3.05) is 9.80 Å². The fourth-order valence-electron chi connectivity index (χ4n) is 10.4. The molecule has 2 aliphatic rings. The maximum Gasteiger partial charge on any atom is 0.0663 e. The minimum atomic E-state index is 0.0464. The van der Waals surface area contributed by atoms with Gasteiger partial charge in [0, 0.05) is 69.2 Å².